The number of rotatable bonds is 28. The van der Waals surface area contributed by atoms with Gasteiger partial charge in [-0.25, -0.2) is 24.4 Å². The summed E-state index contributed by atoms with van der Waals surface area (Å²) < 4.78 is 97.5. The minimum Gasteiger partial charge on any atom is -0.548 e. The van der Waals surface area contributed by atoms with Gasteiger partial charge in [-0.3, -0.25) is 4.99 Å². The zero-order valence-corrected chi connectivity index (χ0v) is 69.4. The van der Waals surface area contributed by atoms with E-state index in [4.69, 9.17) is 70.8 Å². The van der Waals surface area contributed by atoms with E-state index in [1.807, 2.05) is 27.7 Å². The molecule has 6 aromatic carbocycles. The first kappa shape index (κ1) is 102. The Labute approximate surface area is 712 Å². The van der Waals surface area contributed by atoms with Crippen molar-refractivity contribution in [2.75, 3.05) is 26.3 Å². The van der Waals surface area contributed by atoms with Crippen LogP contribution in [0.25, 0.3) is 21.1 Å². The number of benzene rings is 6. The summed E-state index contributed by atoms with van der Waals surface area (Å²) in [4.78, 5) is 87.2. The summed E-state index contributed by atoms with van der Waals surface area (Å²) in [6, 6.07) is 31.7. The normalized spacial score (nSPS) is 11.5. The number of nitriles is 2. The van der Waals surface area contributed by atoms with Crippen LogP contribution in [0.15, 0.2) is 138 Å². The molecule has 0 saturated heterocycles. The van der Waals surface area contributed by atoms with Crippen molar-refractivity contribution in [2.24, 2.45) is 45.5 Å². The molecule has 28 nitrogen and oxygen atoms in total. The number of carbonyl (C=O) groups is 7. The number of urea groups is 1. The molecular formula is C74H75Cl2F6N11Na2O17S2-2. The largest absolute Gasteiger partial charge is 1.00 e. The number of aryl methyl sites for hydroxylation is 2. The summed E-state index contributed by atoms with van der Waals surface area (Å²) in [5.41, 5.74) is 26.9. The second-order valence-corrected chi connectivity index (χ2v) is 26.9. The van der Waals surface area contributed by atoms with Crippen molar-refractivity contribution in [2.45, 2.75) is 104 Å². The van der Waals surface area contributed by atoms with E-state index in [0.29, 0.717) is 123 Å². The summed E-state index contributed by atoms with van der Waals surface area (Å²) in [5.74, 6) is -6.25. The number of hydrogen-bond acceptors (Lipinski definition) is 24. The molecule has 2 heterocycles. The van der Waals surface area contributed by atoms with Crippen molar-refractivity contribution < 1.29 is 169 Å². The average Bonchev–Trinajstić information content (AvgIpc) is 1.62. The zero-order valence-electron chi connectivity index (χ0n) is 62.3. The molecule has 0 bridgehead atoms. The molecule has 0 aliphatic heterocycles. The fraction of sp³-hybridized carbons (Fsp3) is 0.297. The Kier molecular flexibility index (Phi) is 45.2. The van der Waals surface area contributed by atoms with Crippen LogP contribution in [0.5, 0.6) is 23.0 Å². The van der Waals surface area contributed by atoms with Crippen LogP contribution < -0.4 is 132 Å². The smallest absolute Gasteiger partial charge is 0.548 e. The monoisotopic (exact) mass is 1680 g/mol. The molecule has 0 aliphatic carbocycles. The van der Waals surface area contributed by atoms with E-state index >= 15 is 0 Å². The molecule has 2 amide bonds. The number of primary amides is 1. The standard InChI is InChI=1S/2C16H16N2O3S.2C15H10ClF3O3.C6H14N4O2.C6H13N3O3.2Na/c2*1-9(2)8-21-13-5-4-11(6-12(13)7-17)15-18-10(3)14(22-15)16(19)20;2*16-11-6-4-9(5-7-11)13(14(20)21)22-12-3-1-2-10(8-12)15(17,18)19;7-4(5(11)12)2-1-3-10-6(8)9;7-4(5(10)11)2-1-3-9-6(8)12;;/h2*4-6,9H,8H2,1-3H3,(H,19,20);2*1-8,13H,(H,20,21);4H,1-3,7H2,(H,11,12)(H4,8,9,10);4H,1-3,7H2,(H,10,11)(H3,8,9,12);;/q;;;;;;2*+1/p-4. The van der Waals surface area contributed by atoms with Gasteiger partial charge in [0.2, 0.25) is 12.2 Å². The molecule has 2 aromatic heterocycles. The van der Waals surface area contributed by atoms with Crippen LogP contribution in [0.3, 0.4) is 0 Å². The van der Waals surface area contributed by atoms with Gasteiger partial charge in [0.25, 0.3) is 0 Å². The van der Waals surface area contributed by atoms with Gasteiger partial charge in [0.1, 0.15) is 45.2 Å². The van der Waals surface area contributed by atoms with Crippen molar-refractivity contribution in [3.63, 3.8) is 0 Å². The van der Waals surface area contributed by atoms with Crippen molar-refractivity contribution in [3.05, 3.63) is 198 Å². The first-order chi connectivity index (χ1) is 52.4. The fourth-order valence-corrected chi connectivity index (χ4v) is 10.6. The number of guanidine groups is 1. The summed E-state index contributed by atoms with van der Waals surface area (Å²) in [6.45, 7) is 13.1. The molecule has 600 valence electrons. The van der Waals surface area contributed by atoms with Gasteiger partial charge in [-0.1, -0.05) is 87.3 Å². The van der Waals surface area contributed by atoms with Crippen molar-refractivity contribution in [1.82, 2.24) is 15.3 Å². The van der Waals surface area contributed by atoms with Gasteiger partial charge in [-0.2, -0.15) is 36.9 Å². The Hall–Kier alpha value is -9.80. The summed E-state index contributed by atoms with van der Waals surface area (Å²) >= 11 is 13.5. The van der Waals surface area contributed by atoms with E-state index in [0.717, 1.165) is 59.1 Å². The molecule has 40 heteroatoms. The SMILES string of the molecule is Cc1nc(-c2ccc(OCC(C)C)c(C#N)c2)sc1C(=O)[O-].Cc1nc(-c2ccc(OCC(C)C)c(C#N)c2)sc1C(=O)[O-].NC(=O)NCCCC(N)C(=O)[O-].NC(N)=NCCCC(N)C(=O)[O-].O=C(O)C(Oc1cccc(C(F)(F)F)c1)c1ccc(Cl)cc1.O=C(O)C(Oc1cccc(C(F)(F)F)c1)c1ccc(Cl)cc1.[Na+].[Na+]. The molecule has 13 N–H and O–H groups in total. The molecule has 0 radical (unpaired) electrons. The molecule has 0 spiro atoms. The van der Waals surface area contributed by atoms with Crippen molar-refractivity contribution in [1.29, 1.82) is 10.5 Å². The Morgan fingerprint density at radius 2 is 0.930 bits per heavy atom. The number of aliphatic carboxylic acids is 4. The van der Waals surface area contributed by atoms with Crippen LogP contribution in [0.2, 0.25) is 10.0 Å². The van der Waals surface area contributed by atoms with Gasteiger partial charge in [-0.05, 0) is 148 Å². The number of thiazole rings is 2. The van der Waals surface area contributed by atoms with Gasteiger partial charge in [0.05, 0.1) is 80.5 Å². The van der Waals surface area contributed by atoms with Crippen LogP contribution in [0.4, 0.5) is 31.1 Å². The first-order valence-corrected chi connectivity index (χ1v) is 35.2. The Bertz CT molecular complexity index is 4360. The zero-order chi connectivity index (χ0) is 84.3. The third-order valence-corrected chi connectivity index (χ3v) is 16.9. The number of nitrogens with zero attached hydrogens (tertiary/aromatic N) is 5. The number of aromatic carboxylic acids is 2. The topological polar surface area (TPSA) is 517 Å². The molecule has 4 atom stereocenters. The van der Waals surface area contributed by atoms with Gasteiger partial charge in [-0.15, -0.1) is 22.7 Å². The number of hydrogen-bond donors (Lipinski definition) is 8. The minimum atomic E-state index is -4.53. The van der Waals surface area contributed by atoms with Gasteiger partial charge in [0.15, 0.2) is 5.96 Å². The van der Waals surface area contributed by atoms with E-state index in [1.165, 1.54) is 60.7 Å². The van der Waals surface area contributed by atoms with E-state index in [-0.39, 0.29) is 104 Å². The second kappa shape index (κ2) is 50.4. The summed E-state index contributed by atoms with van der Waals surface area (Å²) in [5, 5.41) is 83.3. The predicted octanol–water partition coefficient (Wildman–Crippen LogP) is 2.54. The number of halogens is 8. The maximum absolute atomic E-state index is 12.6. The summed E-state index contributed by atoms with van der Waals surface area (Å²) in [6.07, 6.45) is -10.3. The molecule has 114 heavy (non-hydrogen) atoms. The number of carbonyl (C=O) groups excluding carboxylic acids is 5. The van der Waals surface area contributed by atoms with Gasteiger partial charge >= 0.3 is 89.4 Å². The average molecular weight is 1690 g/mol. The number of aromatic nitrogens is 2. The Morgan fingerprint density at radius 1 is 0.570 bits per heavy atom. The molecule has 0 fully saturated rings. The second-order valence-electron chi connectivity index (χ2n) is 24.1. The fourth-order valence-electron chi connectivity index (χ4n) is 8.53. The number of carboxylic acid groups (broad SMARTS) is 6. The number of alkyl halides is 6. The number of nitrogens with one attached hydrogen (secondary N) is 1. The molecule has 0 saturated carbocycles. The number of amides is 2. The van der Waals surface area contributed by atoms with Gasteiger partial charge < -0.3 is 103 Å². The Morgan fingerprint density at radius 3 is 1.22 bits per heavy atom. The quantitative estimate of drug-likeness (QED) is 0.0115. The van der Waals surface area contributed by atoms with E-state index in [1.54, 1.807) is 50.2 Å². The maximum atomic E-state index is 12.6. The third-order valence-electron chi connectivity index (χ3n) is 14.0. The van der Waals surface area contributed by atoms with Gasteiger partial charge in [0, 0.05) is 57.5 Å². The molecule has 0 aliphatic rings. The van der Waals surface area contributed by atoms with Crippen LogP contribution >= 0.6 is 45.9 Å². The van der Waals surface area contributed by atoms with E-state index in [9.17, 15) is 101 Å². The first-order valence-electron chi connectivity index (χ1n) is 32.8. The molecule has 8 aromatic rings. The number of aliphatic imine (C=N–C) groups is 1. The third kappa shape index (κ3) is 37.0. The molecular weight excluding hydrogens is 1610 g/mol. The Balaban J connectivity index is 0.000000693. The predicted molar refractivity (Wildman–Crippen MR) is 394 cm³/mol. The van der Waals surface area contributed by atoms with E-state index < -0.39 is 89.6 Å². The van der Waals surface area contributed by atoms with Crippen LogP contribution in [0, 0.1) is 48.3 Å². The number of ether oxygens (including phenoxy) is 4. The number of carboxylic acids is 6. The van der Waals surface area contributed by atoms with Crippen LogP contribution in [0.1, 0.15) is 130 Å². The maximum Gasteiger partial charge on any atom is 1.00 e. The molecule has 8 rings (SSSR count). The summed E-state index contributed by atoms with van der Waals surface area (Å²) in [7, 11) is 0. The van der Waals surface area contributed by atoms with Crippen LogP contribution in [-0.2, 0) is 31.5 Å². The van der Waals surface area contributed by atoms with Crippen molar-refractivity contribution >= 4 is 93.7 Å². The number of nitrogens with two attached hydrogens (primary N) is 5. The van der Waals surface area contributed by atoms with E-state index in [2.05, 4.69) is 32.4 Å². The minimum absolute atomic E-state index is 0. The van der Waals surface area contributed by atoms with Crippen LogP contribution in [-0.4, -0.2) is 106 Å². The molecule has 4 unspecified atom stereocenters. The van der Waals surface area contributed by atoms with Crippen molar-refractivity contribution in [3.8, 4) is 56.3 Å².